The van der Waals surface area contributed by atoms with Crippen LogP contribution in [0.3, 0.4) is 0 Å². The average Bonchev–Trinajstić information content (AvgIpc) is 2.51. The number of carboxylic acid groups (broad SMARTS) is 1. The average molecular weight is 345 g/mol. The van der Waals surface area contributed by atoms with Crippen molar-refractivity contribution in [3.05, 3.63) is 55.7 Å². The van der Waals surface area contributed by atoms with E-state index in [1.807, 2.05) is 13.0 Å². The third-order valence-corrected chi connectivity index (χ3v) is 3.61. The highest BCUT2D eigenvalue weighted by atomic mass is 16.4. The highest BCUT2D eigenvalue weighted by molar-refractivity contribution is 5.82. The summed E-state index contributed by atoms with van der Waals surface area (Å²) in [5.41, 5.74) is 0.537. The van der Waals surface area contributed by atoms with Crippen molar-refractivity contribution in [1.29, 1.82) is 0 Å². The molecule has 1 aromatic carbocycles. The summed E-state index contributed by atoms with van der Waals surface area (Å²) in [4.78, 5) is 40.6. The molecule has 0 saturated heterocycles. The Hall–Kier alpha value is -3.16. The number of aliphatic carboxylic acids is 1. The van der Waals surface area contributed by atoms with Crippen molar-refractivity contribution in [2.24, 2.45) is 4.99 Å². The lowest BCUT2D eigenvalue weighted by molar-refractivity contribution is -0.137. The lowest BCUT2D eigenvalue weighted by Gasteiger charge is -2.12. The third-order valence-electron chi connectivity index (χ3n) is 3.61. The number of benzene rings is 1. The van der Waals surface area contributed by atoms with Gasteiger partial charge in [-0.25, -0.2) is 9.36 Å². The van der Waals surface area contributed by atoms with E-state index in [0.717, 1.165) is 21.9 Å². The lowest BCUT2D eigenvalue weighted by Crippen LogP contribution is -2.31. The summed E-state index contributed by atoms with van der Waals surface area (Å²) in [5, 5.41) is 19.0. The minimum Gasteiger partial charge on any atom is -0.493 e. The maximum atomic E-state index is 12.1. The first kappa shape index (κ1) is 18.2. The number of nitrogens with zero attached hydrogens (tertiary/aromatic N) is 2. The number of H-pyrrole nitrogens is 1. The van der Waals surface area contributed by atoms with Crippen molar-refractivity contribution in [1.82, 2.24) is 9.55 Å². The lowest BCUT2D eigenvalue weighted by atomic mass is 10.1. The number of aromatic nitrogens is 2. The van der Waals surface area contributed by atoms with Crippen LogP contribution in [0.4, 0.5) is 0 Å². The standard InChI is InChI=1S/C17H19N3O5/c1-10-5-6-13(11(2)8-10)20-16(24)12(15(23)19-17(20)25)9-18-7-3-4-14(21)22/h5-6,8-9,24H,3-4,7H2,1-2H3,(H,21,22)(H,19,23,25). The summed E-state index contributed by atoms with van der Waals surface area (Å²) >= 11 is 0. The maximum absolute atomic E-state index is 12.1. The number of aliphatic imine (C=N–C) groups is 1. The zero-order chi connectivity index (χ0) is 18.6. The fraction of sp³-hybridized carbons (Fsp3) is 0.294. The van der Waals surface area contributed by atoms with Crippen molar-refractivity contribution >= 4 is 12.2 Å². The number of rotatable bonds is 6. The molecule has 0 aliphatic heterocycles. The monoisotopic (exact) mass is 345 g/mol. The Morgan fingerprint density at radius 3 is 2.68 bits per heavy atom. The first-order valence-corrected chi connectivity index (χ1v) is 7.69. The van der Waals surface area contributed by atoms with Gasteiger partial charge < -0.3 is 10.2 Å². The molecule has 2 rings (SSSR count). The van der Waals surface area contributed by atoms with Crippen molar-refractivity contribution < 1.29 is 15.0 Å². The Bertz CT molecular complexity index is 940. The molecule has 1 aromatic heterocycles. The zero-order valence-electron chi connectivity index (χ0n) is 13.9. The highest BCUT2D eigenvalue weighted by Gasteiger charge is 2.15. The molecule has 0 aliphatic rings. The number of carboxylic acids is 1. The van der Waals surface area contributed by atoms with Gasteiger partial charge in [0.05, 0.1) is 5.69 Å². The van der Waals surface area contributed by atoms with Gasteiger partial charge in [0.25, 0.3) is 5.56 Å². The molecule has 0 fully saturated rings. The summed E-state index contributed by atoms with van der Waals surface area (Å²) in [6, 6.07) is 5.32. The molecule has 0 unspecified atom stereocenters. The van der Waals surface area contributed by atoms with E-state index in [2.05, 4.69) is 9.98 Å². The smallest absolute Gasteiger partial charge is 0.335 e. The Labute approximate surface area is 143 Å². The summed E-state index contributed by atoms with van der Waals surface area (Å²) in [7, 11) is 0. The molecule has 2 aromatic rings. The second-order valence-electron chi connectivity index (χ2n) is 5.65. The van der Waals surface area contributed by atoms with Crippen molar-refractivity contribution in [3.8, 4) is 11.6 Å². The fourth-order valence-corrected chi connectivity index (χ4v) is 2.41. The van der Waals surface area contributed by atoms with Gasteiger partial charge in [0.1, 0.15) is 5.56 Å². The van der Waals surface area contributed by atoms with Crippen LogP contribution in [0, 0.1) is 13.8 Å². The van der Waals surface area contributed by atoms with E-state index in [1.54, 1.807) is 19.1 Å². The van der Waals surface area contributed by atoms with Gasteiger partial charge in [-0.3, -0.25) is 19.6 Å². The summed E-state index contributed by atoms with van der Waals surface area (Å²) in [6.45, 7) is 3.88. The van der Waals surface area contributed by atoms with Crippen LogP contribution >= 0.6 is 0 Å². The van der Waals surface area contributed by atoms with Crippen LogP contribution in [0.25, 0.3) is 5.69 Å². The topological polar surface area (TPSA) is 125 Å². The summed E-state index contributed by atoms with van der Waals surface area (Å²) in [6.07, 6.45) is 1.42. The largest absolute Gasteiger partial charge is 0.493 e. The van der Waals surface area contributed by atoms with Crippen molar-refractivity contribution in [3.63, 3.8) is 0 Å². The van der Waals surface area contributed by atoms with Crippen LogP contribution in [0.5, 0.6) is 5.88 Å². The molecule has 0 aliphatic carbocycles. The Balaban J connectivity index is 2.43. The van der Waals surface area contributed by atoms with Gasteiger partial charge in [-0.15, -0.1) is 0 Å². The molecule has 0 bridgehead atoms. The van der Waals surface area contributed by atoms with Gasteiger partial charge >= 0.3 is 11.7 Å². The molecule has 8 nitrogen and oxygen atoms in total. The quantitative estimate of drug-likeness (QED) is 0.535. The van der Waals surface area contributed by atoms with Gasteiger partial charge in [0, 0.05) is 19.2 Å². The molecule has 0 atom stereocenters. The first-order chi connectivity index (χ1) is 11.8. The molecule has 1 heterocycles. The second kappa shape index (κ2) is 7.61. The SMILES string of the molecule is Cc1ccc(-n2c(O)c(C=NCCCC(=O)O)c(=O)[nH]c2=O)c(C)c1. The Kier molecular flexibility index (Phi) is 5.53. The molecule has 0 spiro atoms. The van der Waals surface area contributed by atoms with E-state index >= 15 is 0 Å². The molecular formula is C17H19N3O5. The van der Waals surface area contributed by atoms with Crippen LogP contribution in [0.2, 0.25) is 0 Å². The summed E-state index contributed by atoms with van der Waals surface area (Å²) in [5.74, 6) is -1.44. The van der Waals surface area contributed by atoms with Crippen LogP contribution in [-0.2, 0) is 4.79 Å². The third kappa shape index (κ3) is 4.23. The van der Waals surface area contributed by atoms with Crippen molar-refractivity contribution in [2.75, 3.05) is 6.54 Å². The molecule has 0 saturated carbocycles. The van der Waals surface area contributed by atoms with Gasteiger partial charge in [0.2, 0.25) is 5.88 Å². The molecule has 132 valence electrons. The summed E-state index contributed by atoms with van der Waals surface area (Å²) < 4.78 is 1.01. The molecule has 3 N–H and O–H groups in total. The maximum Gasteiger partial charge on any atom is 0.335 e. The second-order valence-corrected chi connectivity index (χ2v) is 5.65. The first-order valence-electron chi connectivity index (χ1n) is 7.69. The number of carbonyl (C=O) groups is 1. The van der Waals surface area contributed by atoms with Gasteiger partial charge in [-0.2, -0.15) is 0 Å². The number of hydrogen-bond acceptors (Lipinski definition) is 5. The molecular weight excluding hydrogens is 326 g/mol. The predicted molar refractivity (Wildman–Crippen MR) is 93.1 cm³/mol. The van der Waals surface area contributed by atoms with Crippen LogP contribution < -0.4 is 11.2 Å². The number of aryl methyl sites for hydroxylation is 2. The van der Waals surface area contributed by atoms with E-state index in [1.165, 1.54) is 0 Å². The van der Waals surface area contributed by atoms with Gasteiger partial charge in [0.15, 0.2) is 0 Å². The minimum atomic E-state index is -0.931. The highest BCUT2D eigenvalue weighted by Crippen LogP contribution is 2.19. The molecule has 8 heteroatoms. The Morgan fingerprint density at radius 1 is 1.32 bits per heavy atom. The normalized spacial score (nSPS) is 11.1. The van der Waals surface area contributed by atoms with Crippen LogP contribution in [0.15, 0.2) is 32.8 Å². The van der Waals surface area contributed by atoms with Gasteiger partial charge in [-0.1, -0.05) is 17.7 Å². The van der Waals surface area contributed by atoms with Crippen LogP contribution in [-0.4, -0.2) is 38.5 Å². The number of nitrogens with one attached hydrogen (secondary N) is 1. The van der Waals surface area contributed by atoms with E-state index in [-0.39, 0.29) is 18.5 Å². The van der Waals surface area contributed by atoms with E-state index < -0.39 is 23.1 Å². The predicted octanol–water partition coefficient (Wildman–Crippen LogP) is 1.13. The van der Waals surface area contributed by atoms with E-state index in [0.29, 0.717) is 12.1 Å². The molecule has 0 amide bonds. The zero-order valence-corrected chi connectivity index (χ0v) is 13.9. The number of hydrogen-bond donors (Lipinski definition) is 3. The van der Waals surface area contributed by atoms with Gasteiger partial charge in [-0.05, 0) is 31.9 Å². The Morgan fingerprint density at radius 2 is 2.04 bits per heavy atom. The van der Waals surface area contributed by atoms with E-state index in [4.69, 9.17) is 5.11 Å². The fourth-order valence-electron chi connectivity index (χ4n) is 2.41. The van der Waals surface area contributed by atoms with Crippen LogP contribution in [0.1, 0.15) is 29.5 Å². The minimum absolute atomic E-state index is 0.0399. The number of aromatic hydroxyl groups is 1. The molecule has 25 heavy (non-hydrogen) atoms. The van der Waals surface area contributed by atoms with E-state index in [9.17, 15) is 19.5 Å². The molecule has 0 radical (unpaired) electrons. The number of aromatic amines is 1. The van der Waals surface area contributed by atoms with Crippen molar-refractivity contribution in [2.45, 2.75) is 26.7 Å².